The molecule has 1 amide bonds. The third-order valence-corrected chi connectivity index (χ3v) is 6.91. The molecule has 1 saturated heterocycles. The summed E-state index contributed by atoms with van der Waals surface area (Å²) in [5, 5.41) is 0. The molecule has 3 aliphatic rings. The van der Waals surface area contributed by atoms with Crippen LogP contribution in [0.3, 0.4) is 0 Å². The van der Waals surface area contributed by atoms with Crippen LogP contribution in [0.5, 0.6) is 5.75 Å². The molecule has 5 rings (SSSR count). The van der Waals surface area contributed by atoms with E-state index < -0.39 is 15.3 Å². The highest BCUT2D eigenvalue weighted by atomic mass is 32.2. The maximum atomic E-state index is 13.7. The number of nitrogens with zero attached hydrogens (tertiary/aromatic N) is 1. The lowest BCUT2D eigenvalue weighted by molar-refractivity contribution is -0.122. The highest BCUT2D eigenvalue weighted by Crippen LogP contribution is 2.52. The summed E-state index contributed by atoms with van der Waals surface area (Å²) < 4.78 is 35.1. The molecule has 2 aromatic rings. The monoisotopic (exact) mass is 413 g/mol. The predicted octanol–water partition coefficient (Wildman–Crippen LogP) is 2.44. The summed E-state index contributed by atoms with van der Waals surface area (Å²) in [6.07, 6.45) is 3.25. The molecular weight excluding hydrogens is 390 g/mol. The number of carbonyl (C=O) groups excluding carboxylic acids is 1. The van der Waals surface area contributed by atoms with E-state index in [-0.39, 0.29) is 24.4 Å². The van der Waals surface area contributed by atoms with E-state index in [4.69, 9.17) is 9.47 Å². The number of hydrogen-bond acceptors (Lipinski definition) is 5. The molecule has 0 saturated carbocycles. The first kappa shape index (κ1) is 18.6. The Bertz CT molecular complexity index is 1090. The summed E-state index contributed by atoms with van der Waals surface area (Å²) in [5.74, 6) is 0.545. The normalized spacial score (nSPS) is 25.3. The number of ether oxygens (including phenoxy) is 2. The van der Waals surface area contributed by atoms with E-state index in [0.717, 1.165) is 36.3 Å². The van der Waals surface area contributed by atoms with E-state index in [1.54, 1.807) is 12.1 Å². The lowest BCUT2D eigenvalue weighted by Crippen LogP contribution is -2.44. The van der Waals surface area contributed by atoms with Crippen LogP contribution in [0.1, 0.15) is 29.5 Å². The number of carbonyl (C=O) groups is 1. The number of anilines is 1. The molecule has 29 heavy (non-hydrogen) atoms. The van der Waals surface area contributed by atoms with Gasteiger partial charge in [-0.15, -0.1) is 0 Å². The van der Waals surface area contributed by atoms with Gasteiger partial charge in [-0.25, -0.2) is 8.42 Å². The Kier molecular flexibility index (Phi) is 4.22. The van der Waals surface area contributed by atoms with Crippen molar-refractivity contribution >= 4 is 21.4 Å². The smallest absolute Gasteiger partial charge is 0.245 e. The minimum Gasteiger partial charge on any atom is -0.491 e. The Morgan fingerprint density at radius 2 is 2.00 bits per heavy atom. The predicted molar refractivity (Wildman–Crippen MR) is 109 cm³/mol. The number of sulfone groups is 1. The molecule has 1 spiro atoms. The van der Waals surface area contributed by atoms with E-state index in [9.17, 15) is 13.2 Å². The molecule has 0 N–H and O–H groups in total. The van der Waals surface area contributed by atoms with Crippen LogP contribution in [0, 0.1) is 0 Å². The lowest BCUT2D eigenvalue weighted by Gasteiger charge is -2.24. The van der Waals surface area contributed by atoms with Crippen LogP contribution in [0.2, 0.25) is 0 Å². The van der Waals surface area contributed by atoms with Crippen molar-refractivity contribution in [1.82, 2.24) is 0 Å². The molecule has 3 heterocycles. The fraction of sp³-hybridized carbons (Fsp3) is 0.409. The van der Waals surface area contributed by atoms with Crippen LogP contribution >= 0.6 is 0 Å². The maximum absolute atomic E-state index is 13.7. The van der Waals surface area contributed by atoms with E-state index in [1.807, 2.05) is 35.2 Å². The average Bonchev–Trinajstić information content (AvgIpc) is 3.37. The fourth-order valence-electron chi connectivity index (χ4n) is 4.79. The minimum atomic E-state index is -3.15. The minimum absolute atomic E-state index is 0.00353. The van der Waals surface area contributed by atoms with Gasteiger partial charge in [-0.2, -0.15) is 0 Å². The average molecular weight is 413 g/mol. The molecule has 0 radical (unpaired) electrons. The van der Waals surface area contributed by atoms with Crippen molar-refractivity contribution in [2.45, 2.75) is 30.1 Å². The second-order valence-corrected chi connectivity index (χ2v) is 10.3. The largest absolute Gasteiger partial charge is 0.491 e. The Balaban J connectivity index is 1.57. The van der Waals surface area contributed by atoms with Crippen LogP contribution in [0.25, 0.3) is 0 Å². The third kappa shape index (κ3) is 2.95. The maximum Gasteiger partial charge on any atom is 0.245 e. The van der Waals surface area contributed by atoms with E-state index in [2.05, 4.69) is 0 Å². The third-order valence-electron chi connectivity index (χ3n) is 6.05. The lowest BCUT2D eigenvalue weighted by atomic mass is 9.77. The topological polar surface area (TPSA) is 72.9 Å². The number of amides is 1. The Hall–Kier alpha value is -2.38. The molecule has 6 nitrogen and oxygen atoms in total. The van der Waals surface area contributed by atoms with Gasteiger partial charge < -0.3 is 14.4 Å². The SMILES string of the molecule is CS(=O)(=O)Cc1ccc2c(c1)OCC21C(=O)N(C[C@H]2CCCO2)c2ccccc21. The van der Waals surface area contributed by atoms with Crippen LogP contribution in [0.15, 0.2) is 42.5 Å². The summed E-state index contributed by atoms with van der Waals surface area (Å²) in [6.45, 7) is 1.51. The molecule has 2 atom stereocenters. The summed E-state index contributed by atoms with van der Waals surface area (Å²) >= 11 is 0. The summed E-state index contributed by atoms with van der Waals surface area (Å²) in [7, 11) is -3.15. The second kappa shape index (κ2) is 6.57. The molecular formula is C22H23NO5S. The summed E-state index contributed by atoms with van der Waals surface area (Å²) in [5.41, 5.74) is 2.44. The number of benzene rings is 2. The van der Waals surface area contributed by atoms with Gasteiger partial charge in [0.1, 0.15) is 17.8 Å². The first-order valence-corrected chi connectivity index (χ1v) is 11.9. The Morgan fingerprint density at radius 3 is 2.76 bits per heavy atom. The highest BCUT2D eigenvalue weighted by Gasteiger charge is 2.57. The van der Waals surface area contributed by atoms with Gasteiger partial charge in [0.05, 0.1) is 18.4 Å². The van der Waals surface area contributed by atoms with E-state index in [1.165, 1.54) is 6.26 Å². The van der Waals surface area contributed by atoms with Gasteiger partial charge in [0.2, 0.25) is 5.91 Å². The highest BCUT2D eigenvalue weighted by molar-refractivity contribution is 7.89. The van der Waals surface area contributed by atoms with E-state index >= 15 is 0 Å². The zero-order valence-electron chi connectivity index (χ0n) is 16.3. The van der Waals surface area contributed by atoms with Gasteiger partial charge in [-0.1, -0.05) is 30.3 Å². The van der Waals surface area contributed by atoms with Gasteiger partial charge in [-0.05, 0) is 36.1 Å². The molecule has 1 fully saturated rings. The van der Waals surface area contributed by atoms with Gasteiger partial charge >= 0.3 is 0 Å². The van der Waals surface area contributed by atoms with Gasteiger partial charge in [-0.3, -0.25) is 4.79 Å². The van der Waals surface area contributed by atoms with Crippen molar-refractivity contribution in [3.05, 3.63) is 59.2 Å². The first-order valence-electron chi connectivity index (χ1n) is 9.85. The summed E-state index contributed by atoms with van der Waals surface area (Å²) in [4.78, 5) is 15.6. The molecule has 7 heteroatoms. The van der Waals surface area contributed by atoms with Crippen LogP contribution < -0.4 is 9.64 Å². The quantitative estimate of drug-likeness (QED) is 0.770. The van der Waals surface area contributed by atoms with Crippen molar-refractivity contribution < 1.29 is 22.7 Å². The van der Waals surface area contributed by atoms with Crippen LogP contribution in [0.4, 0.5) is 5.69 Å². The Morgan fingerprint density at radius 1 is 1.17 bits per heavy atom. The first-order chi connectivity index (χ1) is 13.9. The van der Waals surface area contributed by atoms with Crippen LogP contribution in [-0.2, 0) is 30.5 Å². The van der Waals surface area contributed by atoms with Gasteiger partial charge in [0.25, 0.3) is 0 Å². The zero-order chi connectivity index (χ0) is 20.2. The van der Waals surface area contributed by atoms with Crippen molar-refractivity contribution in [3.63, 3.8) is 0 Å². The molecule has 0 aliphatic carbocycles. The van der Waals surface area contributed by atoms with Crippen molar-refractivity contribution in [2.24, 2.45) is 0 Å². The standard InChI is InChI=1S/C22H23NO5S/c1-29(25,26)13-15-8-9-18-20(11-15)28-14-22(18)17-6-2-3-7-19(17)23(21(22)24)12-16-5-4-10-27-16/h2-3,6-9,11,16H,4-5,10,12-14H2,1H3/t16-,22?/m1/s1. The number of hydrogen-bond donors (Lipinski definition) is 0. The van der Waals surface area contributed by atoms with Gasteiger partial charge in [0, 0.05) is 24.1 Å². The number of para-hydroxylation sites is 1. The summed E-state index contributed by atoms with van der Waals surface area (Å²) in [6, 6.07) is 13.3. The molecule has 2 aromatic carbocycles. The number of rotatable bonds is 4. The van der Waals surface area contributed by atoms with Crippen molar-refractivity contribution in [1.29, 1.82) is 0 Å². The second-order valence-electron chi connectivity index (χ2n) is 8.16. The van der Waals surface area contributed by atoms with Crippen molar-refractivity contribution in [3.8, 4) is 5.75 Å². The Labute approximate surface area is 170 Å². The molecule has 1 unspecified atom stereocenters. The molecule has 3 aliphatic heterocycles. The zero-order valence-corrected chi connectivity index (χ0v) is 17.1. The molecule has 0 bridgehead atoms. The van der Waals surface area contributed by atoms with E-state index in [0.29, 0.717) is 17.9 Å². The van der Waals surface area contributed by atoms with Crippen LogP contribution in [-0.4, -0.2) is 46.4 Å². The van der Waals surface area contributed by atoms with Gasteiger partial charge in [0.15, 0.2) is 9.84 Å². The molecule has 152 valence electrons. The molecule has 0 aromatic heterocycles. The fourth-order valence-corrected chi connectivity index (χ4v) is 5.58. The van der Waals surface area contributed by atoms with Crippen molar-refractivity contribution in [2.75, 3.05) is 30.9 Å². The number of fused-ring (bicyclic) bond motifs is 4.